The van der Waals surface area contributed by atoms with Gasteiger partial charge in [-0.2, -0.15) is 5.10 Å². The average Bonchev–Trinajstić information content (AvgIpc) is 2.82. The number of aromatic amines is 1. The predicted octanol–water partition coefficient (Wildman–Crippen LogP) is 2.23. The smallest absolute Gasteiger partial charge is 0.356 e. The summed E-state index contributed by atoms with van der Waals surface area (Å²) in [6.07, 6.45) is 0.701. The van der Waals surface area contributed by atoms with Crippen molar-refractivity contribution in [2.45, 2.75) is 19.3 Å². The molecule has 1 aliphatic rings. The minimum atomic E-state index is -0.400. The Kier molecular flexibility index (Phi) is 2.55. The molecule has 1 aromatic carbocycles. The van der Waals surface area contributed by atoms with Crippen molar-refractivity contribution < 1.29 is 14.6 Å². The standard InChI is InChI=1S/C14H14N2O3/c1-7-5-11-12(15-16-13(11)14(18)19-2)9-4-3-8(17)6-10(7)9/h3-4,6-7,17H,5H2,1-2H3,(H,15,16). The van der Waals surface area contributed by atoms with Crippen molar-refractivity contribution in [3.8, 4) is 17.0 Å². The fourth-order valence-corrected chi connectivity index (χ4v) is 2.65. The molecule has 3 rings (SSSR count). The number of nitrogens with one attached hydrogen (secondary N) is 1. The van der Waals surface area contributed by atoms with Gasteiger partial charge in [-0.15, -0.1) is 0 Å². The summed E-state index contributed by atoms with van der Waals surface area (Å²) in [7, 11) is 1.35. The van der Waals surface area contributed by atoms with Crippen LogP contribution in [0.2, 0.25) is 0 Å². The molecule has 0 saturated carbocycles. The first-order chi connectivity index (χ1) is 9.11. The van der Waals surface area contributed by atoms with Crippen LogP contribution in [-0.4, -0.2) is 28.4 Å². The molecular formula is C14H14N2O3. The molecule has 0 amide bonds. The molecule has 2 aromatic rings. The first-order valence-electron chi connectivity index (χ1n) is 6.10. The molecule has 1 unspecified atom stereocenters. The molecule has 5 heteroatoms. The number of benzene rings is 1. The number of carbonyl (C=O) groups excluding carboxylic acids is 1. The van der Waals surface area contributed by atoms with Crippen LogP contribution < -0.4 is 0 Å². The quantitative estimate of drug-likeness (QED) is 0.769. The largest absolute Gasteiger partial charge is 0.508 e. The molecule has 1 atom stereocenters. The van der Waals surface area contributed by atoms with E-state index in [1.54, 1.807) is 12.1 Å². The topological polar surface area (TPSA) is 75.2 Å². The van der Waals surface area contributed by atoms with Gasteiger partial charge in [0.05, 0.1) is 12.8 Å². The molecule has 0 spiro atoms. The fraction of sp³-hybridized carbons (Fsp3) is 0.286. The Balaban J connectivity index is 2.19. The van der Waals surface area contributed by atoms with Crippen molar-refractivity contribution in [3.63, 3.8) is 0 Å². The van der Waals surface area contributed by atoms with Gasteiger partial charge < -0.3 is 9.84 Å². The first kappa shape index (κ1) is 11.8. The number of phenolic OH excluding ortho intramolecular Hbond substituents is 1. The number of H-pyrrole nitrogens is 1. The van der Waals surface area contributed by atoms with Crippen LogP contribution in [-0.2, 0) is 11.2 Å². The fourth-order valence-electron chi connectivity index (χ4n) is 2.65. The van der Waals surface area contributed by atoms with Gasteiger partial charge in [-0.1, -0.05) is 6.92 Å². The van der Waals surface area contributed by atoms with E-state index in [1.165, 1.54) is 7.11 Å². The highest BCUT2D eigenvalue weighted by Gasteiger charge is 2.29. The number of nitrogens with zero attached hydrogens (tertiary/aromatic N) is 1. The van der Waals surface area contributed by atoms with Gasteiger partial charge in [0.1, 0.15) is 11.4 Å². The number of esters is 1. The Hall–Kier alpha value is -2.30. The Labute approximate surface area is 110 Å². The summed E-state index contributed by atoms with van der Waals surface area (Å²) in [5.74, 6) is 0.0663. The van der Waals surface area contributed by atoms with Crippen molar-refractivity contribution in [2.24, 2.45) is 0 Å². The zero-order chi connectivity index (χ0) is 13.6. The molecule has 0 fully saturated rings. The number of phenols is 1. The van der Waals surface area contributed by atoms with E-state index in [1.807, 2.05) is 6.07 Å². The molecule has 98 valence electrons. The number of hydrogen-bond donors (Lipinski definition) is 2. The third-order valence-electron chi connectivity index (χ3n) is 3.59. The first-order valence-corrected chi connectivity index (χ1v) is 6.10. The van der Waals surface area contributed by atoms with Crippen LogP contribution in [0.5, 0.6) is 5.75 Å². The molecule has 0 aliphatic heterocycles. The Bertz CT molecular complexity index is 661. The van der Waals surface area contributed by atoms with Crippen molar-refractivity contribution >= 4 is 5.97 Å². The third kappa shape index (κ3) is 1.69. The van der Waals surface area contributed by atoms with Gasteiger partial charge in [-0.3, -0.25) is 5.10 Å². The third-order valence-corrected chi connectivity index (χ3v) is 3.59. The SMILES string of the molecule is COC(=O)c1[nH]nc2c1CC(C)c1cc(O)ccc1-2. The number of rotatable bonds is 1. The summed E-state index contributed by atoms with van der Waals surface area (Å²) in [4.78, 5) is 11.7. The van der Waals surface area contributed by atoms with Gasteiger partial charge in [0.15, 0.2) is 0 Å². The van der Waals surface area contributed by atoms with Crippen molar-refractivity contribution in [1.82, 2.24) is 10.2 Å². The summed E-state index contributed by atoms with van der Waals surface area (Å²) in [6.45, 7) is 2.06. The second-order valence-corrected chi connectivity index (χ2v) is 4.79. The highest BCUT2D eigenvalue weighted by molar-refractivity contribution is 5.92. The minimum Gasteiger partial charge on any atom is -0.508 e. The van der Waals surface area contributed by atoms with Crippen LogP contribution in [0.4, 0.5) is 0 Å². The highest BCUT2D eigenvalue weighted by Crippen LogP contribution is 2.40. The number of ether oxygens (including phenoxy) is 1. The van der Waals surface area contributed by atoms with Gasteiger partial charge in [-0.25, -0.2) is 4.79 Å². The number of fused-ring (bicyclic) bond motifs is 3. The van der Waals surface area contributed by atoms with Gasteiger partial charge in [-0.05, 0) is 36.1 Å². The minimum absolute atomic E-state index is 0.218. The lowest BCUT2D eigenvalue weighted by molar-refractivity contribution is 0.0592. The number of carbonyl (C=O) groups is 1. The zero-order valence-corrected chi connectivity index (χ0v) is 10.7. The molecule has 1 aromatic heterocycles. The lowest BCUT2D eigenvalue weighted by atomic mass is 9.82. The molecule has 1 heterocycles. The molecule has 19 heavy (non-hydrogen) atoms. The second kappa shape index (κ2) is 4.12. The lowest BCUT2D eigenvalue weighted by Gasteiger charge is -2.22. The van der Waals surface area contributed by atoms with E-state index in [9.17, 15) is 9.90 Å². The predicted molar refractivity (Wildman–Crippen MR) is 69.1 cm³/mol. The summed E-state index contributed by atoms with van der Waals surface area (Å²) < 4.78 is 4.75. The van der Waals surface area contributed by atoms with Crippen LogP contribution in [0, 0.1) is 0 Å². The van der Waals surface area contributed by atoms with Crippen molar-refractivity contribution in [1.29, 1.82) is 0 Å². The molecular weight excluding hydrogens is 244 g/mol. The van der Waals surface area contributed by atoms with Crippen LogP contribution in [0.1, 0.15) is 34.5 Å². The Morgan fingerprint density at radius 3 is 3.05 bits per heavy atom. The molecule has 0 radical (unpaired) electrons. The normalized spacial score (nSPS) is 16.6. The Morgan fingerprint density at radius 1 is 1.53 bits per heavy atom. The van der Waals surface area contributed by atoms with E-state index in [0.717, 1.165) is 22.4 Å². The van der Waals surface area contributed by atoms with Crippen molar-refractivity contribution in [2.75, 3.05) is 7.11 Å². The lowest BCUT2D eigenvalue weighted by Crippen LogP contribution is -2.12. The number of methoxy groups -OCH3 is 1. The molecule has 0 saturated heterocycles. The number of hydrogen-bond acceptors (Lipinski definition) is 4. The maximum absolute atomic E-state index is 11.7. The van der Waals surface area contributed by atoms with E-state index < -0.39 is 5.97 Å². The van der Waals surface area contributed by atoms with E-state index in [4.69, 9.17) is 4.74 Å². The van der Waals surface area contributed by atoms with Crippen LogP contribution in [0.25, 0.3) is 11.3 Å². The van der Waals surface area contributed by atoms with Gasteiger partial charge in [0, 0.05) is 11.1 Å². The van der Waals surface area contributed by atoms with Gasteiger partial charge >= 0.3 is 5.97 Å². The highest BCUT2D eigenvalue weighted by atomic mass is 16.5. The van der Waals surface area contributed by atoms with E-state index in [0.29, 0.717) is 12.1 Å². The maximum atomic E-state index is 11.7. The van der Waals surface area contributed by atoms with Crippen molar-refractivity contribution in [3.05, 3.63) is 35.0 Å². The summed E-state index contributed by atoms with van der Waals surface area (Å²) in [6, 6.07) is 5.23. The molecule has 5 nitrogen and oxygen atoms in total. The van der Waals surface area contributed by atoms with E-state index in [2.05, 4.69) is 17.1 Å². The van der Waals surface area contributed by atoms with Gasteiger partial charge in [0.2, 0.25) is 0 Å². The summed E-state index contributed by atoms with van der Waals surface area (Å²) in [5, 5.41) is 16.6. The number of aromatic nitrogens is 2. The van der Waals surface area contributed by atoms with Crippen LogP contribution in [0.15, 0.2) is 18.2 Å². The van der Waals surface area contributed by atoms with E-state index >= 15 is 0 Å². The second-order valence-electron chi connectivity index (χ2n) is 4.79. The average molecular weight is 258 g/mol. The van der Waals surface area contributed by atoms with Gasteiger partial charge in [0.25, 0.3) is 0 Å². The molecule has 0 bridgehead atoms. The summed E-state index contributed by atoms with van der Waals surface area (Å²) in [5.41, 5.74) is 4.09. The molecule has 1 aliphatic carbocycles. The summed E-state index contributed by atoms with van der Waals surface area (Å²) >= 11 is 0. The van der Waals surface area contributed by atoms with E-state index in [-0.39, 0.29) is 11.7 Å². The molecule has 2 N–H and O–H groups in total. The van der Waals surface area contributed by atoms with Crippen LogP contribution >= 0.6 is 0 Å². The zero-order valence-electron chi connectivity index (χ0n) is 10.7. The Morgan fingerprint density at radius 2 is 2.32 bits per heavy atom. The maximum Gasteiger partial charge on any atom is 0.356 e. The van der Waals surface area contributed by atoms with Crippen LogP contribution in [0.3, 0.4) is 0 Å². The number of aromatic hydroxyl groups is 1. The monoisotopic (exact) mass is 258 g/mol.